The van der Waals surface area contributed by atoms with Gasteiger partial charge in [-0.05, 0) is 41.0 Å². The van der Waals surface area contributed by atoms with Crippen molar-refractivity contribution in [2.45, 2.75) is 64.8 Å². The first kappa shape index (κ1) is 13.6. The number of hydrogen-bond acceptors (Lipinski definition) is 3. The topological polar surface area (TPSA) is 39.1 Å². The zero-order valence-corrected chi connectivity index (χ0v) is 12.2. The van der Waals surface area contributed by atoms with Crippen LogP contribution in [0.4, 0.5) is 0 Å². The smallest absolute Gasteiger partial charge is 0.0726 e. The SMILES string of the molecule is CC1OCCC1(C)NCc1cnn(C(C)(C)C)c1. The van der Waals surface area contributed by atoms with Crippen LogP contribution in [-0.2, 0) is 16.8 Å². The highest BCUT2D eigenvalue weighted by Gasteiger charge is 2.36. The van der Waals surface area contributed by atoms with E-state index in [4.69, 9.17) is 4.74 Å². The third-order valence-corrected chi connectivity index (χ3v) is 3.91. The molecule has 4 heteroatoms. The molecule has 2 heterocycles. The van der Waals surface area contributed by atoms with Gasteiger partial charge in [0.25, 0.3) is 0 Å². The van der Waals surface area contributed by atoms with Crippen molar-refractivity contribution in [1.29, 1.82) is 0 Å². The van der Waals surface area contributed by atoms with Gasteiger partial charge in [-0.25, -0.2) is 0 Å². The Balaban J connectivity index is 1.97. The van der Waals surface area contributed by atoms with E-state index < -0.39 is 0 Å². The molecule has 0 amide bonds. The molecule has 4 nitrogen and oxygen atoms in total. The van der Waals surface area contributed by atoms with Crippen LogP contribution in [0.25, 0.3) is 0 Å². The lowest BCUT2D eigenvalue weighted by Gasteiger charge is -2.28. The maximum absolute atomic E-state index is 5.63. The van der Waals surface area contributed by atoms with Gasteiger partial charge in [0.2, 0.25) is 0 Å². The van der Waals surface area contributed by atoms with E-state index in [1.807, 2.05) is 10.9 Å². The van der Waals surface area contributed by atoms with Crippen LogP contribution in [0.2, 0.25) is 0 Å². The molecule has 0 radical (unpaired) electrons. The molecular weight excluding hydrogens is 226 g/mol. The summed E-state index contributed by atoms with van der Waals surface area (Å²) in [5.74, 6) is 0. The molecule has 0 spiro atoms. The third-order valence-electron chi connectivity index (χ3n) is 3.91. The van der Waals surface area contributed by atoms with Gasteiger partial charge in [0.05, 0.1) is 17.8 Å². The molecule has 2 unspecified atom stereocenters. The molecular formula is C14H25N3O. The maximum Gasteiger partial charge on any atom is 0.0726 e. The largest absolute Gasteiger partial charge is 0.377 e. The maximum atomic E-state index is 5.63. The van der Waals surface area contributed by atoms with E-state index in [2.05, 4.69) is 51.2 Å². The second-order valence-electron chi connectivity index (χ2n) is 6.50. The fourth-order valence-corrected chi connectivity index (χ4v) is 2.19. The molecule has 0 bridgehead atoms. The van der Waals surface area contributed by atoms with Gasteiger partial charge in [0.15, 0.2) is 0 Å². The van der Waals surface area contributed by atoms with Gasteiger partial charge in [0.1, 0.15) is 0 Å². The first-order valence-corrected chi connectivity index (χ1v) is 6.72. The fourth-order valence-electron chi connectivity index (χ4n) is 2.19. The standard InChI is InChI=1S/C14H25N3O/c1-11-14(5,6-7-18-11)15-8-12-9-16-17(10-12)13(2,3)4/h9-11,15H,6-8H2,1-5H3. The summed E-state index contributed by atoms with van der Waals surface area (Å²) in [6.07, 6.45) is 5.41. The molecule has 0 aliphatic carbocycles. The Hall–Kier alpha value is -0.870. The molecule has 1 fully saturated rings. The van der Waals surface area contributed by atoms with E-state index >= 15 is 0 Å². The van der Waals surface area contributed by atoms with Crippen LogP contribution in [-0.4, -0.2) is 28.0 Å². The molecule has 1 aliphatic rings. The average Bonchev–Trinajstić information content (AvgIpc) is 2.84. The van der Waals surface area contributed by atoms with Crippen molar-refractivity contribution in [3.05, 3.63) is 18.0 Å². The molecule has 1 aromatic rings. The summed E-state index contributed by atoms with van der Waals surface area (Å²) in [5, 5.41) is 8.03. The molecule has 102 valence electrons. The van der Waals surface area contributed by atoms with Gasteiger partial charge in [0, 0.05) is 30.5 Å². The van der Waals surface area contributed by atoms with Crippen molar-refractivity contribution in [3.63, 3.8) is 0 Å². The van der Waals surface area contributed by atoms with Crippen molar-refractivity contribution in [3.8, 4) is 0 Å². The highest BCUT2D eigenvalue weighted by atomic mass is 16.5. The van der Waals surface area contributed by atoms with Crippen molar-refractivity contribution in [2.24, 2.45) is 0 Å². The Bertz CT molecular complexity index is 407. The number of nitrogens with zero attached hydrogens (tertiary/aromatic N) is 2. The lowest BCUT2D eigenvalue weighted by Crippen LogP contribution is -2.47. The Morgan fingerprint density at radius 2 is 2.28 bits per heavy atom. The highest BCUT2D eigenvalue weighted by Crippen LogP contribution is 2.25. The lowest BCUT2D eigenvalue weighted by atomic mass is 9.94. The zero-order valence-electron chi connectivity index (χ0n) is 12.2. The van der Waals surface area contributed by atoms with Gasteiger partial charge in [-0.1, -0.05) is 0 Å². The van der Waals surface area contributed by atoms with E-state index in [0.29, 0.717) is 0 Å². The predicted octanol–water partition coefficient (Wildman–Crippen LogP) is 2.30. The van der Waals surface area contributed by atoms with Crippen LogP contribution < -0.4 is 5.32 Å². The first-order valence-electron chi connectivity index (χ1n) is 6.72. The second kappa shape index (κ2) is 4.67. The van der Waals surface area contributed by atoms with Crippen molar-refractivity contribution >= 4 is 0 Å². The molecule has 0 saturated carbocycles. The summed E-state index contributed by atoms with van der Waals surface area (Å²) in [5.41, 5.74) is 1.36. The van der Waals surface area contributed by atoms with E-state index in [-0.39, 0.29) is 17.2 Å². The Morgan fingerprint density at radius 3 is 2.78 bits per heavy atom. The molecule has 1 N–H and O–H groups in total. The van der Waals surface area contributed by atoms with Gasteiger partial charge < -0.3 is 10.1 Å². The first-order chi connectivity index (χ1) is 8.31. The molecule has 0 aromatic carbocycles. The van der Waals surface area contributed by atoms with E-state index in [0.717, 1.165) is 19.6 Å². The lowest BCUT2D eigenvalue weighted by molar-refractivity contribution is 0.0881. The van der Waals surface area contributed by atoms with Crippen molar-refractivity contribution in [1.82, 2.24) is 15.1 Å². The summed E-state index contributed by atoms with van der Waals surface area (Å²) in [4.78, 5) is 0. The quantitative estimate of drug-likeness (QED) is 0.896. The van der Waals surface area contributed by atoms with Crippen LogP contribution >= 0.6 is 0 Å². The molecule has 1 aliphatic heterocycles. The summed E-state index contributed by atoms with van der Waals surface area (Å²) in [6, 6.07) is 0. The zero-order chi connectivity index (χ0) is 13.4. The minimum Gasteiger partial charge on any atom is -0.377 e. The molecule has 1 aromatic heterocycles. The summed E-state index contributed by atoms with van der Waals surface area (Å²) < 4.78 is 7.65. The summed E-state index contributed by atoms with van der Waals surface area (Å²) in [7, 11) is 0. The van der Waals surface area contributed by atoms with Gasteiger partial charge in [-0.2, -0.15) is 5.10 Å². The second-order valence-corrected chi connectivity index (χ2v) is 6.50. The minimum absolute atomic E-state index is 0.0475. The molecule has 1 saturated heterocycles. The van der Waals surface area contributed by atoms with Gasteiger partial charge in [-0.3, -0.25) is 4.68 Å². The van der Waals surface area contributed by atoms with E-state index in [1.54, 1.807) is 0 Å². The predicted molar refractivity (Wildman–Crippen MR) is 72.5 cm³/mol. The number of nitrogens with one attached hydrogen (secondary N) is 1. The highest BCUT2D eigenvalue weighted by molar-refractivity contribution is 5.07. The van der Waals surface area contributed by atoms with Crippen LogP contribution in [0, 0.1) is 0 Å². The summed E-state index contributed by atoms with van der Waals surface area (Å²) in [6.45, 7) is 12.5. The monoisotopic (exact) mass is 251 g/mol. The van der Waals surface area contributed by atoms with Crippen LogP contribution in [0.1, 0.15) is 46.6 Å². The Kier molecular flexibility index (Phi) is 3.52. The Morgan fingerprint density at radius 1 is 1.56 bits per heavy atom. The fraction of sp³-hybridized carbons (Fsp3) is 0.786. The van der Waals surface area contributed by atoms with E-state index in [1.165, 1.54) is 5.56 Å². The number of ether oxygens (including phenoxy) is 1. The van der Waals surface area contributed by atoms with Crippen LogP contribution in [0.5, 0.6) is 0 Å². The van der Waals surface area contributed by atoms with Crippen molar-refractivity contribution in [2.75, 3.05) is 6.61 Å². The molecule has 2 atom stereocenters. The third kappa shape index (κ3) is 2.75. The molecule has 18 heavy (non-hydrogen) atoms. The summed E-state index contributed by atoms with van der Waals surface area (Å²) >= 11 is 0. The van der Waals surface area contributed by atoms with Crippen LogP contribution in [0.3, 0.4) is 0 Å². The van der Waals surface area contributed by atoms with Gasteiger partial charge >= 0.3 is 0 Å². The normalized spacial score (nSPS) is 28.8. The van der Waals surface area contributed by atoms with Crippen molar-refractivity contribution < 1.29 is 4.74 Å². The molecule has 2 rings (SSSR count). The number of hydrogen-bond donors (Lipinski definition) is 1. The Labute approximate surface area is 110 Å². The van der Waals surface area contributed by atoms with E-state index in [9.17, 15) is 0 Å². The average molecular weight is 251 g/mol. The minimum atomic E-state index is 0.0475. The number of aromatic nitrogens is 2. The number of rotatable bonds is 3. The van der Waals surface area contributed by atoms with Gasteiger partial charge in [-0.15, -0.1) is 0 Å². The van der Waals surface area contributed by atoms with Crippen LogP contribution in [0.15, 0.2) is 12.4 Å².